The number of hydrogen-bond donors (Lipinski definition) is 0. The molecule has 60 valence electrons. The number of hydrogen-bond acceptors (Lipinski definition) is 2. The van der Waals surface area contributed by atoms with Crippen LogP contribution in [0.2, 0.25) is 0 Å². The lowest BCUT2D eigenvalue weighted by Crippen LogP contribution is -2.35. The first-order chi connectivity index (χ1) is 4.42. The van der Waals surface area contributed by atoms with E-state index in [0.29, 0.717) is 0 Å². The molecule has 6 heteroatoms. The van der Waals surface area contributed by atoms with Gasteiger partial charge in [0.25, 0.3) is 0 Å². The maximum atomic E-state index is 12.4. The molecule has 0 spiro atoms. The molecule has 0 amide bonds. The van der Waals surface area contributed by atoms with Crippen molar-refractivity contribution in [3.05, 3.63) is 0 Å². The first-order valence-electron chi connectivity index (χ1n) is 2.17. The summed E-state index contributed by atoms with van der Waals surface area (Å²) < 4.78 is 28.1. The molecule has 0 fully saturated rings. The maximum absolute atomic E-state index is 12.4. The van der Waals surface area contributed by atoms with Gasteiger partial charge in [0, 0.05) is 0 Å². The number of methoxy groups -OCH3 is 1. The van der Waals surface area contributed by atoms with Crippen LogP contribution in [0.1, 0.15) is 0 Å². The molecule has 0 aliphatic heterocycles. The topological polar surface area (TPSA) is 26.3 Å². The molecule has 0 aromatic carbocycles. The highest BCUT2D eigenvalue weighted by atomic mass is 35.5. The Morgan fingerprint density at radius 2 is 2.20 bits per heavy atom. The van der Waals surface area contributed by atoms with Gasteiger partial charge in [-0.2, -0.15) is 0 Å². The Morgan fingerprint density at radius 3 is 2.30 bits per heavy atom. The molecule has 0 aromatic heterocycles. The zero-order valence-electron chi connectivity index (χ0n) is 4.91. The lowest BCUT2D eigenvalue weighted by molar-refractivity contribution is -0.150. The molecular formula is C4H4Cl2F2O2. The summed E-state index contributed by atoms with van der Waals surface area (Å²) in [5, 5.41) is -3.28. The Labute approximate surface area is 66.0 Å². The summed E-state index contributed by atoms with van der Waals surface area (Å²) in [5.74, 6) is -1.54. The zero-order chi connectivity index (χ0) is 8.36. The lowest BCUT2D eigenvalue weighted by atomic mass is 10.4. The molecule has 0 saturated heterocycles. The lowest BCUT2D eigenvalue weighted by Gasteiger charge is -2.13. The number of esters is 1. The van der Waals surface area contributed by atoms with E-state index in [2.05, 4.69) is 27.9 Å². The highest BCUT2D eigenvalue weighted by Crippen LogP contribution is 2.28. The van der Waals surface area contributed by atoms with Crippen LogP contribution in [0, 0.1) is 0 Å². The second-order valence-electron chi connectivity index (χ2n) is 1.42. The van der Waals surface area contributed by atoms with Crippen LogP contribution in [0.4, 0.5) is 8.78 Å². The summed E-state index contributed by atoms with van der Waals surface area (Å²) >= 11 is 9.24. The predicted octanol–water partition coefficient (Wildman–Crippen LogP) is 1.60. The van der Waals surface area contributed by atoms with Crippen molar-refractivity contribution in [1.82, 2.24) is 0 Å². The minimum absolute atomic E-state index is 0.873. The van der Waals surface area contributed by atoms with Crippen molar-refractivity contribution < 1.29 is 18.3 Å². The predicted molar refractivity (Wildman–Crippen MR) is 32.5 cm³/mol. The Hall–Kier alpha value is -0.0900. The van der Waals surface area contributed by atoms with Crippen molar-refractivity contribution in [3.63, 3.8) is 0 Å². The molecule has 2 atom stereocenters. The van der Waals surface area contributed by atoms with Gasteiger partial charge in [-0.25, -0.2) is 13.6 Å². The van der Waals surface area contributed by atoms with Crippen LogP contribution < -0.4 is 0 Å². The Kier molecular flexibility index (Phi) is 3.31. The first-order valence-corrected chi connectivity index (χ1v) is 2.98. The number of rotatable bonds is 2. The largest absolute Gasteiger partial charge is 0.466 e. The van der Waals surface area contributed by atoms with E-state index in [1.165, 1.54) is 0 Å². The summed E-state index contributed by atoms with van der Waals surface area (Å²) in [6, 6.07) is 0. The SMILES string of the molecule is COC(=O)C(F)(Cl)C(F)Cl. The van der Waals surface area contributed by atoms with Gasteiger partial charge in [0.1, 0.15) is 0 Å². The van der Waals surface area contributed by atoms with Crippen molar-refractivity contribution in [1.29, 1.82) is 0 Å². The number of ether oxygens (including phenoxy) is 1. The van der Waals surface area contributed by atoms with E-state index in [9.17, 15) is 13.6 Å². The van der Waals surface area contributed by atoms with E-state index < -0.39 is 16.7 Å². The van der Waals surface area contributed by atoms with Crippen molar-refractivity contribution in [2.45, 2.75) is 10.8 Å². The van der Waals surface area contributed by atoms with E-state index in [1.807, 2.05) is 0 Å². The summed E-state index contributed by atoms with van der Waals surface area (Å²) in [6.45, 7) is 0. The molecule has 0 rings (SSSR count). The van der Waals surface area contributed by atoms with Gasteiger partial charge in [-0.3, -0.25) is 0 Å². The zero-order valence-corrected chi connectivity index (χ0v) is 6.42. The van der Waals surface area contributed by atoms with E-state index >= 15 is 0 Å². The fourth-order valence-corrected chi connectivity index (χ4v) is 0.391. The molecular weight excluding hydrogens is 189 g/mol. The third kappa shape index (κ3) is 1.95. The van der Waals surface area contributed by atoms with Crippen LogP contribution >= 0.6 is 23.2 Å². The normalized spacial score (nSPS) is 19.3. The summed E-state index contributed by atoms with van der Waals surface area (Å²) in [7, 11) is 0.873. The monoisotopic (exact) mass is 192 g/mol. The number of carbonyl (C=O) groups is 1. The minimum atomic E-state index is -3.28. The molecule has 0 aliphatic carbocycles. The summed E-state index contributed by atoms with van der Waals surface area (Å²) in [6.07, 6.45) is 0. The second-order valence-corrected chi connectivity index (χ2v) is 2.35. The Balaban J connectivity index is 4.24. The quantitative estimate of drug-likeness (QED) is 0.491. The summed E-state index contributed by atoms with van der Waals surface area (Å²) in [5.41, 5.74) is -2.61. The van der Waals surface area contributed by atoms with Gasteiger partial charge in [0.15, 0.2) is 0 Å². The molecule has 0 aromatic rings. The van der Waals surface area contributed by atoms with E-state index in [0.717, 1.165) is 7.11 Å². The minimum Gasteiger partial charge on any atom is -0.466 e. The van der Waals surface area contributed by atoms with E-state index in [4.69, 9.17) is 0 Å². The molecule has 0 heterocycles. The number of alkyl halides is 4. The van der Waals surface area contributed by atoms with Gasteiger partial charge in [-0.05, 0) is 0 Å². The van der Waals surface area contributed by atoms with Crippen molar-refractivity contribution >= 4 is 29.2 Å². The Bertz CT molecular complexity index is 137. The molecule has 0 aliphatic rings. The standard InChI is InChI=1S/C4H4Cl2F2O2/c1-10-3(9)4(6,8)2(5)7/h2H,1H3. The number of carbonyl (C=O) groups excluding carboxylic acids is 1. The van der Waals surface area contributed by atoms with Crippen molar-refractivity contribution in [2.75, 3.05) is 7.11 Å². The van der Waals surface area contributed by atoms with Crippen LogP contribution in [0.3, 0.4) is 0 Å². The Morgan fingerprint density at radius 1 is 1.80 bits per heavy atom. The molecule has 0 saturated carbocycles. The fraction of sp³-hybridized carbons (Fsp3) is 0.750. The molecule has 10 heavy (non-hydrogen) atoms. The van der Waals surface area contributed by atoms with Crippen LogP contribution in [0.5, 0.6) is 0 Å². The molecule has 0 bridgehead atoms. The van der Waals surface area contributed by atoms with Gasteiger partial charge >= 0.3 is 11.1 Å². The highest BCUT2D eigenvalue weighted by Gasteiger charge is 2.46. The van der Waals surface area contributed by atoms with E-state index in [1.54, 1.807) is 0 Å². The van der Waals surface area contributed by atoms with Crippen molar-refractivity contribution in [3.8, 4) is 0 Å². The van der Waals surface area contributed by atoms with Crippen LogP contribution in [-0.4, -0.2) is 23.8 Å². The third-order valence-corrected chi connectivity index (χ3v) is 1.49. The highest BCUT2D eigenvalue weighted by molar-refractivity contribution is 6.38. The van der Waals surface area contributed by atoms with Crippen LogP contribution in [0.15, 0.2) is 0 Å². The van der Waals surface area contributed by atoms with Gasteiger partial charge in [0.05, 0.1) is 7.11 Å². The fourth-order valence-electron chi connectivity index (χ4n) is 0.225. The second kappa shape index (κ2) is 3.34. The van der Waals surface area contributed by atoms with Crippen LogP contribution in [-0.2, 0) is 9.53 Å². The van der Waals surface area contributed by atoms with E-state index in [-0.39, 0.29) is 0 Å². The average molecular weight is 193 g/mol. The molecule has 0 N–H and O–H groups in total. The third-order valence-electron chi connectivity index (χ3n) is 0.732. The van der Waals surface area contributed by atoms with Gasteiger partial charge in [0.2, 0.25) is 5.63 Å². The maximum Gasteiger partial charge on any atom is 0.364 e. The molecule has 2 unspecified atom stereocenters. The number of halogens is 4. The average Bonchev–Trinajstić information content (AvgIpc) is 1.86. The molecule has 2 nitrogen and oxygen atoms in total. The molecule has 0 radical (unpaired) electrons. The van der Waals surface area contributed by atoms with Gasteiger partial charge < -0.3 is 4.74 Å². The van der Waals surface area contributed by atoms with Gasteiger partial charge in [-0.15, -0.1) is 0 Å². The van der Waals surface area contributed by atoms with Gasteiger partial charge in [-0.1, -0.05) is 23.2 Å². The smallest absolute Gasteiger partial charge is 0.364 e. The van der Waals surface area contributed by atoms with Crippen LogP contribution in [0.25, 0.3) is 0 Å². The summed E-state index contributed by atoms with van der Waals surface area (Å²) in [4.78, 5) is 10.2. The van der Waals surface area contributed by atoms with Crippen molar-refractivity contribution in [2.24, 2.45) is 0 Å². The first kappa shape index (κ1) is 9.91.